The molecule has 0 radical (unpaired) electrons. The van der Waals surface area contributed by atoms with E-state index in [1.54, 1.807) is 0 Å². The van der Waals surface area contributed by atoms with E-state index < -0.39 is 0 Å². The third-order valence-electron chi connectivity index (χ3n) is 7.89. The summed E-state index contributed by atoms with van der Waals surface area (Å²) in [7, 11) is 0. The Morgan fingerprint density at radius 3 is 1.93 bits per heavy atom. The summed E-state index contributed by atoms with van der Waals surface area (Å²) in [6.07, 6.45) is 23.3. The van der Waals surface area contributed by atoms with E-state index in [-0.39, 0.29) is 0 Å². The molecule has 0 heterocycles. The van der Waals surface area contributed by atoms with Crippen molar-refractivity contribution in [3.05, 3.63) is 34.9 Å². The van der Waals surface area contributed by atoms with Crippen LogP contribution < -0.4 is 0 Å². The van der Waals surface area contributed by atoms with Crippen LogP contribution in [-0.2, 0) is 0 Å². The van der Waals surface area contributed by atoms with Crippen LogP contribution in [0.3, 0.4) is 0 Å². The lowest BCUT2D eigenvalue weighted by Crippen LogP contribution is -2.25. The second-order valence-electron chi connectivity index (χ2n) is 9.82. The molecule has 0 aromatic heterocycles. The monoisotopic (exact) mass is 402 g/mol. The topological polar surface area (TPSA) is 0 Å². The number of benzene rings is 1. The van der Waals surface area contributed by atoms with Gasteiger partial charge in [-0.1, -0.05) is 101 Å². The molecule has 1 aromatic rings. The lowest BCUT2D eigenvalue weighted by Gasteiger charge is -2.38. The van der Waals surface area contributed by atoms with E-state index in [4.69, 9.17) is 11.6 Å². The Hall–Kier alpha value is -0.490. The van der Waals surface area contributed by atoms with Gasteiger partial charge in [-0.3, -0.25) is 0 Å². The zero-order chi connectivity index (χ0) is 19.6. The fraction of sp³-hybridized carbons (Fsp3) is 0.778. The van der Waals surface area contributed by atoms with Crippen LogP contribution in [0.15, 0.2) is 24.3 Å². The zero-order valence-electron chi connectivity index (χ0n) is 18.3. The fourth-order valence-electron chi connectivity index (χ4n) is 6.05. The molecule has 1 heteroatoms. The van der Waals surface area contributed by atoms with Crippen molar-refractivity contribution in [2.24, 2.45) is 17.8 Å². The van der Waals surface area contributed by atoms with E-state index in [1.165, 1.54) is 108 Å². The van der Waals surface area contributed by atoms with E-state index in [1.807, 2.05) is 0 Å². The van der Waals surface area contributed by atoms with E-state index in [2.05, 4.69) is 31.2 Å². The predicted octanol–water partition coefficient (Wildman–Crippen LogP) is 9.56. The van der Waals surface area contributed by atoms with Crippen LogP contribution in [0.25, 0.3) is 0 Å². The Balaban J connectivity index is 1.29. The van der Waals surface area contributed by atoms with Crippen molar-refractivity contribution >= 4 is 11.6 Å². The van der Waals surface area contributed by atoms with Crippen LogP contribution in [0, 0.1) is 17.8 Å². The lowest BCUT2D eigenvalue weighted by atomic mass is 9.68. The molecule has 3 rings (SSSR count). The summed E-state index contributed by atoms with van der Waals surface area (Å²) in [5.74, 6) is 3.78. The molecular weight excluding hydrogens is 360 g/mol. The Kier molecular flexibility index (Phi) is 9.72. The van der Waals surface area contributed by atoms with Gasteiger partial charge in [0.2, 0.25) is 0 Å². The van der Waals surface area contributed by atoms with Crippen molar-refractivity contribution in [2.75, 3.05) is 0 Å². The van der Waals surface area contributed by atoms with Crippen LogP contribution in [0.2, 0.25) is 5.02 Å². The first-order valence-corrected chi connectivity index (χ1v) is 12.9. The van der Waals surface area contributed by atoms with Crippen molar-refractivity contribution in [1.82, 2.24) is 0 Å². The van der Waals surface area contributed by atoms with Crippen LogP contribution in [-0.4, -0.2) is 0 Å². The number of rotatable bonds is 10. The summed E-state index contributed by atoms with van der Waals surface area (Å²) in [4.78, 5) is 0. The Morgan fingerprint density at radius 2 is 1.29 bits per heavy atom. The van der Waals surface area contributed by atoms with Gasteiger partial charge in [-0.25, -0.2) is 0 Å². The molecular formula is C27H43Cl. The van der Waals surface area contributed by atoms with E-state index in [0.717, 1.165) is 22.8 Å². The summed E-state index contributed by atoms with van der Waals surface area (Å²) >= 11 is 6.44. The SMILES string of the molecule is CCCCCCCCCC1CCC(C2CCC(c3ccccc3Cl)CC2)CC1. The summed E-state index contributed by atoms with van der Waals surface area (Å²) in [5, 5.41) is 0.983. The molecule has 2 fully saturated rings. The molecule has 2 aliphatic carbocycles. The first-order valence-electron chi connectivity index (χ1n) is 12.5. The molecule has 2 saturated carbocycles. The van der Waals surface area contributed by atoms with E-state index in [9.17, 15) is 0 Å². The maximum atomic E-state index is 6.44. The molecule has 28 heavy (non-hydrogen) atoms. The molecule has 2 aliphatic rings. The van der Waals surface area contributed by atoms with Gasteiger partial charge in [0.1, 0.15) is 0 Å². The first-order chi connectivity index (χ1) is 13.8. The summed E-state index contributed by atoms with van der Waals surface area (Å²) in [6.45, 7) is 2.31. The number of hydrogen-bond donors (Lipinski definition) is 0. The van der Waals surface area contributed by atoms with Gasteiger partial charge in [0.25, 0.3) is 0 Å². The average Bonchev–Trinajstić information content (AvgIpc) is 2.74. The smallest absolute Gasteiger partial charge is 0.0440 e. The molecule has 0 aliphatic heterocycles. The first kappa shape index (κ1) is 22.2. The lowest BCUT2D eigenvalue weighted by molar-refractivity contribution is 0.155. The Morgan fingerprint density at radius 1 is 0.714 bits per heavy atom. The third-order valence-corrected chi connectivity index (χ3v) is 8.24. The minimum Gasteiger partial charge on any atom is -0.0840 e. The fourth-order valence-corrected chi connectivity index (χ4v) is 6.34. The van der Waals surface area contributed by atoms with Crippen LogP contribution in [0.4, 0.5) is 0 Å². The van der Waals surface area contributed by atoms with Gasteiger partial charge in [-0.2, -0.15) is 0 Å². The van der Waals surface area contributed by atoms with Gasteiger partial charge in [-0.05, 0) is 73.8 Å². The van der Waals surface area contributed by atoms with Gasteiger partial charge in [0, 0.05) is 5.02 Å². The molecule has 0 bridgehead atoms. The quantitative estimate of drug-likeness (QED) is 0.341. The van der Waals surface area contributed by atoms with Crippen LogP contribution in [0.1, 0.15) is 121 Å². The molecule has 0 saturated heterocycles. The normalized spacial score (nSPS) is 28.4. The summed E-state index contributed by atoms with van der Waals surface area (Å²) in [5.41, 5.74) is 1.40. The molecule has 0 N–H and O–H groups in total. The predicted molar refractivity (Wildman–Crippen MR) is 124 cm³/mol. The highest BCUT2D eigenvalue weighted by Gasteiger charge is 2.31. The second-order valence-corrected chi connectivity index (χ2v) is 10.2. The standard InChI is InChI=1S/C27H43Cl/c1-2-3-4-5-6-7-8-11-22-14-16-23(17-15-22)24-18-20-25(21-19-24)26-12-9-10-13-27(26)28/h9-10,12-13,22-25H,2-8,11,14-21H2,1H3. The third kappa shape index (κ3) is 6.79. The van der Waals surface area contributed by atoms with Crippen LogP contribution in [0.5, 0.6) is 0 Å². The molecule has 158 valence electrons. The van der Waals surface area contributed by atoms with Crippen molar-refractivity contribution in [3.8, 4) is 0 Å². The van der Waals surface area contributed by atoms with Gasteiger partial charge < -0.3 is 0 Å². The minimum atomic E-state index is 0.707. The number of hydrogen-bond acceptors (Lipinski definition) is 0. The second kappa shape index (κ2) is 12.3. The van der Waals surface area contributed by atoms with Gasteiger partial charge in [-0.15, -0.1) is 0 Å². The highest BCUT2D eigenvalue weighted by Crippen LogP contribution is 2.45. The molecule has 0 nitrogen and oxygen atoms in total. The molecule has 0 amide bonds. The maximum absolute atomic E-state index is 6.44. The van der Waals surface area contributed by atoms with Crippen LogP contribution >= 0.6 is 11.6 Å². The highest BCUT2D eigenvalue weighted by atomic mass is 35.5. The Bertz CT molecular complexity index is 535. The number of unbranched alkanes of at least 4 members (excludes halogenated alkanes) is 6. The average molecular weight is 403 g/mol. The largest absolute Gasteiger partial charge is 0.0840 e. The molecule has 0 unspecified atom stereocenters. The highest BCUT2D eigenvalue weighted by molar-refractivity contribution is 6.31. The zero-order valence-corrected chi connectivity index (χ0v) is 19.1. The summed E-state index contributed by atoms with van der Waals surface area (Å²) in [6, 6.07) is 8.53. The van der Waals surface area contributed by atoms with Crippen molar-refractivity contribution in [2.45, 2.75) is 116 Å². The van der Waals surface area contributed by atoms with Crippen molar-refractivity contribution < 1.29 is 0 Å². The number of halogens is 1. The van der Waals surface area contributed by atoms with Crippen molar-refractivity contribution in [3.63, 3.8) is 0 Å². The van der Waals surface area contributed by atoms with Gasteiger partial charge in [0.15, 0.2) is 0 Å². The van der Waals surface area contributed by atoms with Gasteiger partial charge in [0.05, 0.1) is 0 Å². The van der Waals surface area contributed by atoms with E-state index >= 15 is 0 Å². The minimum absolute atomic E-state index is 0.707. The van der Waals surface area contributed by atoms with Crippen molar-refractivity contribution in [1.29, 1.82) is 0 Å². The molecule has 1 aromatic carbocycles. The Labute approximate surface area is 179 Å². The molecule has 0 spiro atoms. The summed E-state index contributed by atoms with van der Waals surface area (Å²) < 4.78 is 0. The maximum Gasteiger partial charge on any atom is 0.0440 e. The van der Waals surface area contributed by atoms with Gasteiger partial charge >= 0.3 is 0 Å². The van der Waals surface area contributed by atoms with E-state index in [0.29, 0.717) is 5.92 Å². The molecule has 0 atom stereocenters.